The lowest BCUT2D eigenvalue weighted by molar-refractivity contribution is -0.121. The van der Waals surface area contributed by atoms with Crippen molar-refractivity contribution >= 4 is 18.2 Å². The number of allylic oxidation sites excluding steroid dienone is 1. The highest BCUT2D eigenvalue weighted by Crippen LogP contribution is 1.99. The van der Waals surface area contributed by atoms with Gasteiger partial charge >= 0.3 is 0 Å². The predicted molar refractivity (Wildman–Crippen MR) is 72.1 cm³/mol. The van der Waals surface area contributed by atoms with Gasteiger partial charge < -0.3 is 0 Å². The Hall–Kier alpha value is -2.76. The molecule has 6 nitrogen and oxygen atoms in total. The Morgan fingerprint density at radius 2 is 2.21 bits per heavy atom. The molecule has 0 aliphatic heterocycles. The van der Waals surface area contributed by atoms with Crippen molar-refractivity contribution in [3.8, 4) is 0 Å². The molecule has 6 heteroatoms. The van der Waals surface area contributed by atoms with Gasteiger partial charge in [-0.3, -0.25) is 4.79 Å². The van der Waals surface area contributed by atoms with Crippen LogP contribution in [0.3, 0.4) is 0 Å². The van der Waals surface area contributed by atoms with Crippen molar-refractivity contribution in [3.63, 3.8) is 0 Å². The lowest BCUT2D eigenvalue weighted by Crippen LogP contribution is -2.23. The summed E-state index contributed by atoms with van der Waals surface area (Å²) in [6.45, 7) is 0.0970. The number of nitrogens with zero attached hydrogens (tertiary/aromatic N) is 4. The van der Waals surface area contributed by atoms with Gasteiger partial charge in [0.2, 0.25) is 0 Å². The van der Waals surface area contributed by atoms with Gasteiger partial charge in [-0.2, -0.15) is 10.2 Å². The Morgan fingerprint density at radius 3 is 2.95 bits per heavy atom. The van der Waals surface area contributed by atoms with E-state index >= 15 is 0 Å². The van der Waals surface area contributed by atoms with Crippen LogP contribution in [0.1, 0.15) is 5.56 Å². The lowest BCUT2D eigenvalue weighted by Gasteiger charge is -1.97. The molecule has 1 N–H and O–H groups in total. The summed E-state index contributed by atoms with van der Waals surface area (Å²) in [5, 5.41) is 7.61. The standard InChI is InChI=1S/C13H13N5O/c19-13(9-18-11-14-10-16-18)17-15-8-4-7-12-5-2-1-3-6-12/h1-8,10-11H,9H2,(H,17,19). The van der Waals surface area contributed by atoms with E-state index in [0.29, 0.717) is 0 Å². The summed E-state index contributed by atoms with van der Waals surface area (Å²) in [6.07, 6.45) is 8.02. The molecule has 1 aromatic carbocycles. The summed E-state index contributed by atoms with van der Waals surface area (Å²) < 4.78 is 1.42. The van der Waals surface area contributed by atoms with E-state index in [2.05, 4.69) is 20.6 Å². The fourth-order valence-corrected chi connectivity index (χ4v) is 1.37. The van der Waals surface area contributed by atoms with Crippen molar-refractivity contribution in [3.05, 3.63) is 54.6 Å². The van der Waals surface area contributed by atoms with E-state index in [1.807, 2.05) is 36.4 Å². The smallest absolute Gasteiger partial charge is 0.261 e. The number of hydrogen-bond acceptors (Lipinski definition) is 4. The summed E-state index contributed by atoms with van der Waals surface area (Å²) in [7, 11) is 0. The SMILES string of the molecule is O=C(Cn1cncn1)NN=CC=Cc1ccccc1. The number of nitrogens with one attached hydrogen (secondary N) is 1. The summed E-state index contributed by atoms with van der Waals surface area (Å²) in [6, 6.07) is 9.82. The first-order valence-electron chi connectivity index (χ1n) is 5.70. The van der Waals surface area contributed by atoms with Crippen LogP contribution in [-0.2, 0) is 11.3 Å². The van der Waals surface area contributed by atoms with Gasteiger partial charge in [-0.05, 0) is 11.6 Å². The Labute approximate surface area is 110 Å². The zero-order valence-corrected chi connectivity index (χ0v) is 10.2. The van der Waals surface area contributed by atoms with Gasteiger partial charge in [-0.15, -0.1) is 0 Å². The molecule has 0 aliphatic carbocycles. The first-order chi connectivity index (χ1) is 9.34. The molecule has 0 fully saturated rings. The third kappa shape index (κ3) is 4.55. The minimum Gasteiger partial charge on any atom is -0.271 e. The number of hydrazone groups is 1. The van der Waals surface area contributed by atoms with Crippen LogP contribution in [0.15, 0.2) is 54.2 Å². The van der Waals surface area contributed by atoms with E-state index in [9.17, 15) is 4.79 Å². The molecule has 0 aliphatic rings. The van der Waals surface area contributed by atoms with E-state index < -0.39 is 0 Å². The Balaban J connectivity index is 1.74. The van der Waals surface area contributed by atoms with Gasteiger partial charge in [0.15, 0.2) is 0 Å². The minimum atomic E-state index is -0.255. The second-order valence-corrected chi connectivity index (χ2v) is 3.68. The molecule has 1 aromatic heterocycles. The maximum Gasteiger partial charge on any atom is 0.261 e. The maximum absolute atomic E-state index is 11.4. The highest BCUT2D eigenvalue weighted by Gasteiger charge is 1.99. The number of rotatable bonds is 5. The topological polar surface area (TPSA) is 72.2 Å². The highest BCUT2D eigenvalue weighted by molar-refractivity contribution is 5.81. The van der Waals surface area contributed by atoms with Crippen molar-refractivity contribution in [2.24, 2.45) is 5.10 Å². The van der Waals surface area contributed by atoms with Crippen molar-refractivity contribution in [1.82, 2.24) is 20.2 Å². The third-order valence-electron chi connectivity index (χ3n) is 2.21. The molecular formula is C13H13N5O. The van der Waals surface area contributed by atoms with Gasteiger partial charge in [-0.25, -0.2) is 15.1 Å². The fourth-order valence-electron chi connectivity index (χ4n) is 1.37. The molecule has 2 aromatic rings. The molecule has 0 unspecified atom stereocenters. The monoisotopic (exact) mass is 255 g/mol. The first-order valence-corrected chi connectivity index (χ1v) is 5.70. The highest BCUT2D eigenvalue weighted by atomic mass is 16.2. The normalized spacial score (nSPS) is 11.2. The Kier molecular flexibility index (Phi) is 4.58. The molecule has 0 bridgehead atoms. The van der Waals surface area contributed by atoms with Crippen molar-refractivity contribution < 1.29 is 4.79 Å². The summed E-state index contributed by atoms with van der Waals surface area (Å²) >= 11 is 0. The van der Waals surface area contributed by atoms with Gasteiger partial charge in [0.1, 0.15) is 19.2 Å². The Morgan fingerprint density at radius 1 is 1.37 bits per heavy atom. The van der Waals surface area contributed by atoms with E-state index in [-0.39, 0.29) is 12.5 Å². The summed E-state index contributed by atoms with van der Waals surface area (Å²) in [5.41, 5.74) is 3.47. The van der Waals surface area contributed by atoms with Crippen molar-refractivity contribution in [1.29, 1.82) is 0 Å². The maximum atomic E-state index is 11.4. The quantitative estimate of drug-likeness (QED) is 0.642. The molecule has 0 saturated carbocycles. The van der Waals surface area contributed by atoms with Crippen LogP contribution in [0.25, 0.3) is 6.08 Å². The molecule has 1 heterocycles. The molecule has 2 rings (SSSR count). The molecule has 19 heavy (non-hydrogen) atoms. The van der Waals surface area contributed by atoms with Crippen LogP contribution in [-0.4, -0.2) is 26.9 Å². The third-order valence-corrected chi connectivity index (χ3v) is 2.21. The minimum absolute atomic E-state index is 0.0970. The van der Waals surface area contributed by atoms with E-state index in [1.165, 1.54) is 23.6 Å². The van der Waals surface area contributed by atoms with E-state index in [1.54, 1.807) is 6.08 Å². The summed E-state index contributed by atoms with van der Waals surface area (Å²) in [4.78, 5) is 15.1. The zero-order chi connectivity index (χ0) is 13.3. The second-order valence-electron chi connectivity index (χ2n) is 3.68. The molecular weight excluding hydrogens is 242 g/mol. The van der Waals surface area contributed by atoms with Crippen LogP contribution in [0, 0.1) is 0 Å². The number of hydrogen-bond donors (Lipinski definition) is 1. The molecule has 96 valence electrons. The van der Waals surface area contributed by atoms with Crippen LogP contribution in [0.4, 0.5) is 0 Å². The van der Waals surface area contributed by atoms with Gasteiger partial charge in [-0.1, -0.05) is 36.4 Å². The van der Waals surface area contributed by atoms with Crippen molar-refractivity contribution in [2.45, 2.75) is 6.54 Å². The Bertz CT molecular complexity index is 560. The van der Waals surface area contributed by atoms with E-state index in [4.69, 9.17) is 0 Å². The number of carbonyl (C=O) groups excluding carboxylic acids is 1. The predicted octanol–water partition coefficient (Wildman–Crippen LogP) is 1.09. The number of aromatic nitrogens is 3. The second kappa shape index (κ2) is 6.85. The first kappa shape index (κ1) is 12.7. The molecule has 1 amide bonds. The number of amides is 1. The zero-order valence-electron chi connectivity index (χ0n) is 10.2. The summed E-state index contributed by atoms with van der Waals surface area (Å²) in [5.74, 6) is -0.255. The van der Waals surface area contributed by atoms with E-state index in [0.717, 1.165) is 5.56 Å². The van der Waals surface area contributed by atoms with Gasteiger partial charge in [0, 0.05) is 6.21 Å². The average Bonchev–Trinajstić information content (AvgIpc) is 2.92. The molecule has 0 spiro atoms. The van der Waals surface area contributed by atoms with Crippen LogP contribution < -0.4 is 5.43 Å². The molecule has 0 radical (unpaired) electrons. The van der Waals surface area contributed by atoms with Crippen molar-refractivity contribution in [2.75, 3.05) is 0 Å². The van der Waals surface area contributed by atoms with Gasteiger partial charge in [0.05, 0.1) is 0 Å². The largest absolute Gasteiger partial charge is 0.271 e. The molecule has 0 atom stereocenters. The lowest BCUT2D eigenvalue weighted by atomic mass is 10.2. The average molecular weight is 255 g/mol. The van der Waals surface area contributed by atoms with Gasteiger partial charge in [0.25, 0.3) is 5.91 Å². The van der Waals surface area contributed by atoms with Crippen LogP contribution >= 0.6 is 0 Å². The number of carbonyl (C=O) groups is 1. The number of benzene rings is 1. The van der Waals surface area contributed by atoms with Crippen LogP contribution in [0.5, 0.6) is 0 Å². The fraction of sp³-hybridized carbons (Fsp3) is 0.0769. The molecule has 0 saturated heterocycles. The van der Waals surface area contributed by atoms with Crippen LogP contribution in [0.2, 0.25) is 0 Å².